The van der Waals surface area contributed by atoms with E-state index in [2.05, 4.69) is 4.72 Å². The maximum Gasteiger partial charge on any atom is 0.324 e. The van der Waals surface area contributed by atoms with Crippen LogP contribution in [0.25, 0.3) is 0 Å². The largest absolute Gasteiger partial charge is 0.480 e. The number of hydrogen-bond acceptors (Lipinski definition) is 4. The summed E-state index contributed by atoms with van der Waals surface area (Å²) in [6, 6.07) is 4.64. The SMILES string of the molecule is CCC(CC)(NS(=O)(=O)c1cccc(F)c1C#N)C(=O)O. The highest BCUT2D eigenvalue weighted by Crippen LogP contribution is 2.23. The molecular weight excluding hydrogens is 299 g/mol. The van der Waals surface area contributed by atoms with E-state index in [0.29, 0.717) is 0 Å². The van der Waals surface area contributed by atoms with Gasteiger partial charge < -0.3 is 5.11 Å². The topological polar surface area (TPSA) is 107 Å². The first kappa shape index (κ1) is 17.1. The minimum Gasteiger partial charge on any atom is -0.480 e. The number of sulfonamides is 1. The number of rotatable bonds is 6. The Kier molecular flexibility index (Phi) is 5.04. The Balaban J connectivity index is 3.41. The molecule has 0 fully saturated rings. The van der Waals surface area contributed by atoms with Crippen LogP contribution in [-0.4, -0.2) is 25.0 Å². The van der Waals surface area contributed by atoms with Crippen molar-refractivity contribution in [2.24, 2.45) is 0 Å². The van der Waals surface area contributed by atoms with Crippen molar-refractivity contribution in [1.82, 2.24) is 4.72 Å². The molecule has 6 nitrogen and oxygen atoms in total. The van der Waals surface area contributed by atoms with Crippen molar-refractivity contribution < 1.29 is 22.7 Å². The van der Waals surface area contributed by atoms with Crippen molar-refractivity contribution in [1.29, 1.82) is 5.26 Å². The molecule has 21 heavy (non-hydrogen) atoms. The fraction of sp³-hybridized carbons (Fsp3) is 0.385. The number of halogens is 1. The molecule has 0 atom stereocenters. The molecular formula is C13H15FN2O4S. The molecule has 114 valence electrons. The van der Waals surface area contributed by atoms with E-state index in [4.69, 9.17) is 5.26 Å². The summed E-state index contributed by atoms with van der Waals surface area (Å²) in [5.74, 6) is -2.31. The average Bonchev–Trinajstić information content (AvgIpc) is 2.44. The van der Waals surface area contributed by atoms with Crippen LogP contribution in [0.5, 0.6) is 0 Å². The average molecular weight is 314 g/mol. The van der Waals surface area contributed by atoms with Crippen LogP contribution in [0.2, 0.25) is 0 Å². The molecule has 0 aromatic heterocycles. The number of nitriles is 1. The summed E-state index contributed by atoms with van der Waals surface area (Å²) in [5, 5.41) is 18.1. The van der Waals surface area contributed by atoms with Gasteiger partial charge in [-0.1, -0.05) is 19.9 Å². The van der Waals surface area contributed by atoms with Gasteiger partial charge in [0.15, 0.2) is 0 Å². The summed E-state index contributed by atoms with van der Waals surface area (Å²) in [4.78, 5) is 10.8. The highest BCUT2D eigenvalue weighted by molar-refractivity contribution is 7.89. The van der Waals surface area contributed by atoms with E-state index in [0.717, 1.165) is 18.2 Å². The molecule has 0 heterocycles. The molecule has 0 amide bonds. The van der Waals surface area contributed by atoms with Crippen LogP contribution in [0.4, 0.5) is 4.39 Å². The van der Waals surface area contributed by atoms with Gasteiger partial charge in [-0.2, -0.15) is 9.98 Å². The van der Waals surface area contributed by atoms with E-state index in [9.17, 15) is 22.7 Å². The highest BCUT2D eigenvalue weighted by atomic mass is 32.2. The quantitative estimate of drug-likeness (QED) is 0.829. The van der Waals surface area contributed by atoms with Crippen LogP contribution in [0.3, 0.4) is 0 Å². The van der Waals surface area contributed by atoms with Gasteiger partial charge in [0, 0.05) is 0 Å². The summed E-state index contributed by atoms with van der Waals surface area (Å²) in [6.07, 6.45) is 0.0184. The van der Waals surface area contributed by atoms with Crippen LogP contribution >= 0.6 is 0 Å². The molecule has 0 bridgehead atoms. The van der Waals surface area contributed by atoms with Crippen LogP contribution in [0.15, 0.2) is 23.1 Å². The summed E-state index contributed by atoms with van der Waals surface area (Å²) in [5.41, 5.74) is -2.34. The maximum absolute atomic E-state index is 13.5. The molecule has 1 aromatic carbocycles. The zero-order chi connectivity index (χ0) is 16.3. The molecule has 1 rings (SSSR count). The number of hydrogen-bond donors (Lipinski definition) is 2. The van der Waals surface area contributed by atoms with E-state index in [1.54, 1.807) is 0 Å². The third-order valence-corrected chi connectivity index (χ3v) is 4.90. The predicted octanol–water partition coefficient (Wildman–Crippen LogP) is 1.62. The normalized spacial score (nSPS) is 11.9. The molecule has 0 unspecified atom stereocenters. The summed E-state index contributed by atoms with van der Waals surface area (Å²) in [7, 11) is -4.35. The van der Waals surface area contributed by atoms with Crippen molar-refractivity contribution in [2.75, 3.05) is 0 Å². The van der Waals surface area contributed by atoms with Crippen LogP contribution < -0.4 is 4.72 Å². The molecule has 0 aliphatic rings. The highest BCUT2D eigenvalue weighted by Gasteiger charge is 2.40. The lowest BCUT2D eigenvalue weighted by Crippen LogP contribution is -2.53. The second-order valence-electron chi connectivity index (χ2n) is 4.42. The van der Waals surface area contributed by atoms with Gasteiger partial charge in [0.05, 0.1) is 0 Å². The lowest BCUT2D eigenvalue weighted by molar-refractivity contribution is -0.144. The Hall–Kier alpha value is -1.98. The van der Waals surface area contributed by atoms with Gasteiger partial charge in [-0.3, -0.25) is 4.79 Å². The zero-order valence-electron chi connectivity index (χ0n) is 11.6. The number of carboxylic acids is 1. The summed E-state index contributed by atoms with van der Waals surface area (Å²) >= 11 is 0. The fourth-order valence-corrected chi connectivity index (χ4v) is 3.56. The fourth-order valence-electron chi connectivity index (χ4n) is 1.89. The van der Waals surface area contributed by atoms with E-state index in [1.165, 1.54) is 19.9 Å². The molecule has 0 saturated heterocycles. The Morgan fingerprint density at radius 3 is 2.43 bits per heavy atom. The molecule has 8 heteroatoms. The van der Waals surface area contributed by atoms with Gasteiger partial charge in [-0.05, 0) is 25.0 Å². The first-order valence-corrected chi connectivity index (χ1v) is 7.68. The monoisotopic (exact) mass is 314 g/mol. The summed E-state index contributed by atoms with van der Waals surface area (Å²) < 4.78 is 40.2. The van der Waals surface area contributed by atoms with E-state index >= 15 is 0 Å². The molecule has 2 N–H and O–H groups in total. The van der Waals surface area contributed by atoms with Gasteiger partial charge in [-0.15, -0.1) is 0 Å². The van der Waals surface area contributed by atoms with Crippen molar-refractivity contribution in [3.8, 4) is 6.07 Å². The van der Waals surface area contributed by atoms with Gasteiger partial charge in [0.25, 0.3) is 0 Å². The molecule has 1 aromatic rings. The predicted molar refractivity (Wildman–Crippen MR) is 72.4 cm³/mol. The number of benzene rings is 1. The molecule has 0 radical (unpaired) electrons. The minimum absolute atomic E-state index is 0.00919. The number of aliphatic carboxylic acids is 1. The Morgan fingerprint density at radius 2 is 2.00 bits per heavy atom. The number of carbonyl (C=O) groups is 1. The number of carboxylic acid groups (broad SMARTS) is 1. The van der Waals surface area contributed by atoms with Crippen molar-refractivity contribution in [3.05, 3.63) is 29.6 Å². The standard InChI is InChI=1S/C13H15FN2O4S/c1-3-13(4-2,12(17)18)16-21(19,20)11-7-5-6-10(14)9(11)8-15/h5-7,16H,3-4H2,1-2H3,(H,17,18). The lowest BCUT2D eigenvalue weighted by atomic mass is 9.95. The smallest absolute Gasteiger partial charge is 0.324 e. The van der Waals surface area contributed by atoms with Crippen molar-refractivity contribution in [2.45, 2.75) is 37.1 Å². The lowest BCUT2D eigenvalue weighted by Gasteiger charge is -2.27. The van der Waals surface area contributed by atoms with E-state index in [-0.39, 0.29) is 12.8 Å². The molecule has 0 spiro atoms. The van der Waals surface area contributed by atoms with Gasteiger partial charge in [0.2, 0.25) is 10.0 Å². The molecule has 0 aliphatic heterocycles. The molecule has 0 aliphatic carbocycles. The van der Waals surface area contributed by atoms with E-state index < -0.39 is 37.8 Å². The van der Waals surface area contributed by atoms with Gasteiger partial charge in [0.1, 0.15) is 27.9 Å². The third kappa shape index (κ3) is 3.20. The molecule has 0 saturated carbocycles. The van der Waals surface area contributed by atoms with Gasteiger partial charge in [-0.25, -0.2) is 12.8 Å². The maximum atomic E-state index is 13.5. The van der Waals surface area contributed by atoms with E-state index in [1.807, 2.05) is 0 Å². The third-order valence-electron chi connectivity index (χ3n) is 3.32. The first-order chi connectivity index (χ1) is 9.74. The van der Waals surface area contributed by atoms with Crippen LogP contribution in [0.1, 0.15) is 32.3 Å². The zero-order valence-corrected chi connectivity index (χ0v) is 12.4. The first-order valence-electron chi connectivity index (χ1n) is 6.20. The van der Waals surface area contributed by atoms with Gasteiger partial charge >= 0.3 is 5.97 Å². The second kappa shape index (κ2) is 6.20. The Morgan fingerprint density at radius 1 is 1.43 bits per heavy atom. The number of nitrogens with one attached hydrogen (secondary N) is 1. The minimum atomic E-state index is -4.35. The van der Waals surface area contributed by atoms with Crippen LogP contribution in [0, 0.1) is 17.1 Å². The van der Waals surface area contributed by atoms with Crippen LogP contribution in [-0.2, 0) is 14.8 Å². The Bertz CT molecular complexity index is 691. The Labute approximate surface area is 122 Å². The second-order valence-corrected chi connectivity index (χ2v) is 6.08. The number of nitrogens with zero attached hydrogens (tertiary/aromatic N) is 1. The van der Waals surface area contributed by atoms with Crippen molar-refractivity contribution in [3.63, 3.8) is 0 Å². The van der Waals surface area contributed by atoms with Crippen molar-refractivity contribution >= 4 is 16.0 Å². The summed E-state index contributed by atoms with van der Waals surface area (Å²) in [6.45, 7) is 3.05.